The summed E-state index contributed by atoms with van der Waals surface area (Å²) in [6, 6.07) is 14.7. The van der Waals surface area contributed by atoms with E-state index in [-0.39, 0.29) is 11.6 Å². The molecule has 0 fully saturated rings. The lowest BCUT2D eigenvalue weighted by atomic mass is 10.0. The van der Waals surface area contributed by atoms with Gasteiger partial charge in [-0.3, -0.25) is 15.1 Å². The summed E-state index contributed by atoms with van der Waals surface area (Å²) in [5, 5.41) is 7.96. The van der Waals surface area contributed by atoms with Crippen LogP contribution in [0.2, 0.25) is 0 Å². The maximum absolute atomic E-state index is 14.7. The molecular weight excluding hydrogens is 410 g/mol. The van der Waals surface area contributed by atoms with E-state index < -0.39 is 0 Å². The third kappa shape index (κ3) is 2.92. The maximum Gasteiger partial charge on any atom is 0.159 e. The van der Waals surface area contributed by atoms with Gasteiger partial charge in [0.2, 0.25) is 0 Å². The van der Waals surface area contributed by atoms with Crippen LogP contribution in [0.15, 0.2) is 73.2 Å². The molecule has 0 aliphatic carbocycles. The zero-order valence-corrected chi connectivity index (χ0v) is 16.5. The molecule has 0 atom stereocenters. The number of fused-ring (bicyclic) bond motifs is 2. The second-order valence-corrected chi connectivity index (χ2v) is 7.34. The number of nitrogens with one attached hydrogen (secondary N) is 2. The second-order valence-electron chi connectivity index (χ2n) is 7.34. The first-order valence-electron chi connectivity index (χ1n) is 9.86. The Kier molecular flexibility index (Phi) is 4.04. The molecule has 0 saturated heterocycles. The van der Waals surface area contributed by atoms with Crippen LogP contribution < -0.4 is 0 Å². The van der Waals surface area contributed by atoms with E-state index in [1.54, 1.807) is 55.0 Å². The van der Waals surface area contributed by atoms with Crippen molar-refractivity contribution in [2.75, 3.05) is 0 Å². The number of imidazole rings is 1. The van der Waals surface area contributed by atoms with Gasteiger partial charge in [0, 0.05) is 46.7 Å². The summed E-state index contributed by atoms with van der Waals surface area (Å²) in [7, 11) is 0. The molecule has 0 aliphatic heterocycles. The minimum Gasteiger partial charge on any atom is -0.336 e. The highest BCUT2D eigenvalue weighted by atomic mass is 19.1. The number of aromatic amines is 2. The summed E-state index contributed by atoms with van der Waals surface area (Å²) < 4.78 is 28.5. The van der Waals surface area contributed by atoms with Gasteiger partial charge in [-0.2, -0.15) is 5.10 Å². The first-order valence-corrected chi connectivity index (χ1v) is 9.86. The molecular formula is C24H14F2N6. The van der Waals surface area contributed by atoms with Crippen molar-refractivity contribution in [3.63, 3.8) is 0 Å². The lowest BCUT2D eigenvalue weighted by Crippen LogP contribution is -1.87. The predicted octanol–water partition coefficient (Wildman–Crippen LogP) is 5.51. The normalized spacial score (nSPS) is 11.4. The van der Waals surface area contributed by atoms with Gasteiger partial charge in [0.25, 0.3) is 0 Å². The van der Waals surface area contributed by atoms with Gasteiger partial charge in [0.05, 0.1) is 16.7 Å². The summed E-state index contributed by atoms with van der Waals surface area (Å²) in [5.41, 5.74) is 4.71. The molecule has 4 heterocycles. The van der Waals surface area contributed by atoms with Crippen LogP contribution in [0.3, 0.4) is 0 Å². The summed E-state index contributed by atoms with van der Waals surface area (Å²) in [6.07, 6.45) is 4.90. The lowest BCUT2D eigenvalue weighted by molar-refractivity contribution is 0.628. The van der Waals surface area contributed by atoms with Crippen molar-refractivity contribution >= 4 is 21.9 Å². The smallest absolute Gasteiger partial charge is 0.159 e. The average molecular weight is 424 g/mol. The Morgan fingerprint density at radius 3 is 2.56 bits per heavy atom. The average Bonchev–Trinajstić information content (AvgIpc) is 3.42. The van der Waals surface area contributed by atoms with Gasteiger partial charge in [-0.15, -0.1) is 0 Å². The Bertz CT molecular complexity index is 1600. The van der Waals surface area contributed by atoms with Crippen LogP contribution in [-0.2, 0) is 0 Å². The topological polar surface area (TPSA) is 83.1 Å². The van der Waals surface area contributed by atoms with Crippen molar-refractivity contribution in [3.05, 3.63) is 84.8 Å². The molecule has 32 heavy (non-hydrogen) atoms. The predicted molar refractivity (Wildman–Crippen MR) is 118 cm³/mol. The lowest BCUT2D eigenvalue weighted by Gasteiger charge is -2.03. The number of benzene rings is 2. The number of nitrogens with zero attached hydrogens (tertiary/aromatic N) is 4. The van der Waals surface area contributed by atoms with Crippen LogP contribution in [0.1, 0.15) is 0 Å². The molecule has 6 nitrogen and oxygen atoms in total. The number of hydrogen-bond donors (Lipinski definition) is 2. The fourth-order valence-electron chi connectivity index (χ4n) is 3.86. The zero-order valence-electron chi connectivity index (χ0n) is 16.5. The van der Waals surface area contributed by atoms with E-state index in [2.05, 4.69) is 25.1 Å². The van der Waals surface area contributed by atoms with E-state index >= 15 is 0 Å². The van der Waals surface area contributed by atoms with Crippen molar-refractivity contribution in [3.8, 4) is 33.9 Å². The van der Waals surface area contributed by atoms with Crippen LogP contribution >= 0.6 is 0 Å². The molecule has 0 unspecified atom stereocenters. The number of halogens is 2. The summed E-state index contributed by atoms with van der Waals surface area (Å²) in [6.45, 7) is 0. The zero-order chi connectivity index (χ0) is 21.7. The molecule has 4 aromatic heterocycles. The van der Waals surface area contributed by atoms with Gasteiger partial charge in [-0.1, -0.05) is 18.2 Å². The number of hydrogen-bond acceptors (Lipinski definition) is 4. The molecule has 6 aromatic rings. The third-order valence-electron chi connectivity index (χ3n) is 5.35. The molecule has 0 amide bonds. The monoisotopic (exact) mass is 424 g/mol. The van der Waals surface area contributed by atoms with Gasteiger partial charge in [-0.25, -0.2) is 13.8 Å². The summed E-state index contributed by atoms with van der Waals surface area (Å²) >= 11 is 0. The molecule has 0 aliphatic rings. The van der Waals surface area contributed by atoms with Crippen LogP contribution in [0, 0.1) is 11.6 Å². The number of aromatic nitrogens is 6. The highest BCUT2D eigenvalue weighted by Gasteiger charge is 2.18. The van der Waals surface area contributed by atoms with Gasteiger partial charge < -0.3 is 4.98 Å². The Balaban J connectivity index is 1.53. The van der Waals surface area contributed by atoms with Crippen LogP contribution in [-0.4, -0.2) is 30.1 Å². The van der Waals surface area contributed by atoms with E-state index in [1.807, 2.05) is 0 Å². The highest BCUT2D eigenvalue weighted by molar-refractivity contribution is 5.97. The van der Waals surface area contributed by atoms with Crippen molar-refractivity contribution in [2.45, 2.75) is 0 Å². The van der Waals surface area contributed by atoms with Crippen LogP contribution in [0.5, 0.6) is 0 Å². The third-order valence-corrected chi connectivity index (χ3v) is 5.35. The molecule has 0 saturated carbocycles. The molecule has 154 valence electrons. The Hall–Kier alpha value is -4.46. The standard InChI is InChI=1S/C24H14F2N6/c25-15-5-1-3-13(9-15)21-23-19(6-8-28-21)29-24(30-23)22-17-10-16(14-4-2-7-27-12-14)18(26)11-20(17)31-32-22/h1-12H,(H,29,30)(H,31,32). The molecule has 2 N–H and O–H groups in total. The quantitative estimate of drug-likeness (QED) is 0.393. The molecule has 8 heteroatoms. The molecule has 0 radical (unpaired) electrons. The van der Waals surface area contributed by atoms with E-state index in [0.717, 1.165) is 5.52 Å². The van der Waals surface area contributed by atoms with Gasteiger partial charge in [0.1, 0.15) is 22.8 Å². The number of pyridine rings is 2. The van der Waals surface area contributed by atoms with Crippen LogP contribution in [0.25, 0.3) is 55.8 Å². The molecule has 0 bridgehead atoms. The summed E-state index contributed by atoms with van der Waals surface area (Å²) in [4.78, 5) is 16.5. The minimum atomic E-state index is -0.372. The van der Waals surface area contributed by atoms with Crippen molar-refractivity contribution in [2.24, 2.45) is 0 Å². The summed E-state index contributed by atoms with van der Waals surface area (Å²) in [5.74, 6) is -0.219. The first kappa shape index (κ1) is 18.3. The largest absolute Gasteiger partial charge is 0.336 e. The highest BCUT2D eigenvalue weighted by Crippen LogP contribution is 2.33. The Morgan fingerprint density at radius 2 is 1.72 bits per heavy atom. The van der Waals surface area contributed by atoms with Gasteiger partial charge in [-0.05, 0) is 30.3 Å². The minimum absolute atomic E-state index is 0.347. The van der Waals surface area contributed by atoms with Crippen molar-refractivity contribution < 1.29 is 8.78 Å². The number of H-pyrrole nitrogens is 2. The fraction of sp³-hybridized carbons (Fsp3) is 0. The molecule has 6 rings (SSSR count). The Morgan fingerprint density at radius 1 is 0.812 bits per heavy atom. The van der Waals surface area contributed by atoms with E-state index in [0.29, 0.717) is 50.3 Å². The first-order chi connectivity index (χ1) is 15.7. The van der Waals surface area contributed by atoms with E-state index in [9.17, 15) is 8.78 Å². The van der Waals surface area contributed by atoms with Crippen molar-refractivity contribution in [1.29, 1.82) is 0 Å². The van der Waals surface area contributed by atoms with Crippen molar-refractivity contribution in [1.82, 2.24) is 30.1 Å². The van der Waals surface area contributed by atoms with Gasteiger partial charge >= 0.3 is 0 Å². The molecule has 2 aromatic carbocycles. The van der Waals surface area contributed by atoms with E-state index in [1.165, 1.54) is 18.2 Å². The van der Waals surface area contributed by atoms with E-state index in [4.69, 9.17) is 4.98 Å². The Labute approximate surface area is 180 Å². The molecule has 0 spiro atoms. The van der Waals surface area contributed by atoms with Crippen LogP contribution in [0.4, 0.5) is 8.78 Å². The second kappa shape index (κ2) is 7.05. The number of rotatable bonds is 3. The van der Waals surface area contributed by atoms with Gasteiger partial charge in [0.15, 0.2) is 5.82 Å². The maximum atomic E-state index is 14.7. The SMILES string of the molecule is Fc1cccc(-c2nccc3[nH]c(-c4n[nH]c5cc(F)c(-c6cccnc6)cc45)nc23)c1. The fourth-order valence-corrected chi connectivity index (χ4v) is 3.86.